The van der Waals surface area contributed by atoms with Crippen LogP contribution >= 0.6 is 0 Å². The predicted molar refractivity (Wildman–Crippen MR) is 106 cm³/mol. The molecular formula is C21H25N3O3. The normalized spacial score (nSPS) is 14.0. The Hall–Kier alpha value is -3.02. The number of carbonyl (C=O) groups excluding carboxylic acids is 2. The average molecular weight is 367 g/mol. The molecule has 27 heavy (non-hydrogen) atoms. The fourth-order valence-electron chi connectivity index (χ4n) is 3.23. The molecule has 0 N–H and O–H groups in total. The Balaban J connectivity index is 1.58. The number of methoxy groups -OCH3 is 1. The zero-order valence-electron chi connectivity index (χ0n) is 15.8. The Morgan fingerprint density at radius 3 is 2.15 bits per heavy atom. The lowest BCUT2D eigenvalue weighted by Gasteiger charge is -2.37. The zero-order valence-corrected chi connectivity index (χ0v) is 15.8. The summed E-state index contributed by atoms with van der Waals surface area (Å²) in [4.78, 5) is 30.3. The molecule has 6 nitrogen and oxygen atoms in total. The second-order valence-corrected chi connectivity index (χ2v) is 6.51. The van der Waals surface area contributed by atoms with Gasteiger partial charge in [0, 0.05) is 44.5 Å². The van der Waals surface area contributed by atoms with Crippen molar-refractivity contribution in [2.45, 2.75) is 6.92 Å². The van der Waals surface area contributed by atoms with Crippen LogP contribution in [0.1, 0.15) is 6.92 Å². The number of piperazine rings is 1. The predicted octanol–water partition coefficient (Wildman–Crippen LogP) is 2.40. The van der Waals surface area contributed by atoms with E-state index in [-0.39, 0.29) is 18.4 Å². The van der Waals surface area contributed by atoms with Gasteiger partial charge in [-0.2, -0.15) is 0 Å². The Morgan fingerprint density at radius 2 is 1.59 bits per heavy atom. The van der Waals surface area contributed by atoms with Crippen LogP contribution in [-0.4, -0.2) is 56.5 Å². The Bertz CT molecular complexity index is 769. The quantitative estimate of drug-likeness (QED) is 0.814. The highest BCUT2D eigenvalue weighted by Crippen LogP contribution is 2.21. The van der Waals surface area contributed by atoms with Crippen LogP contribution in [0, 0.1) is 0 Å². The van der Waals surface area contributed by atoms with Crippen LogP contribution in [-0.2, 0) is 9.59 Å². The Morgan fingerprint density at radius 1 is 0.963 bits per heavy atom. The number of ether oxygens (including phenoxy) is 1. The average Bonchev–Trinajstić information content (AvgIpc) is 2.72. The van der Waals surface area contributed by atoms with Crippen molar-refractivity contribution in [3.05, 3.63) is 54.6 Å². The molecule has 2 aromatic rings. The van der Waals surface area contributed by atoms with Crippen molar-refractivity contribution in [1.29, 1.82) is 0 Å². The van der Waals surface area contributed by atoms with Gasteiger partial charge in [0.25, 0.3) is 0 Å². The first kappa shape index (κ1) is 18.8. The summed E-state index contributed by atoms with van der Waals surface area (Å²) >= 11 is 0. The first-order valence-electron chi connectivity index (χ1n) is 9.08. The maximum absolute atomic E-state index is 12.7. The number of rotatable bonds is 5. The second-order valence-electron chi connectivity index (χ2n) is 6.51. The fraction of sp³-hybridized carbons (Fsp3) is 0.333. The minimum Gasteiger partial charge on any atom is -0.497 e. The molecule has 0 bridgehead atoms. The fourth-order valence-corrected chi connectivity index (χ4v) is 3.23. The third kappa shape index (κ3) is 4.58. The van der Waals surface area contributed by atoms with Crippen LogP contribution in [0.3, 0.4) is 0 Å². The van der Waals surface area contributed by atoms with Crippen molar-refractivity contribution in [3.63, 3.8) is 0 Å². The minimum atomic E-state index is -0.133. The van der Waals surface area contributed by atoms with Crippen LogP contribution < -0.4 is 14.5 Å². The topological polar surface area (TPSA) is 53.1 Å². The van der Waals surface area contributed by atoms with E-state index < -0.39 is 0 Å². The van der Waals surface area contributed by atoms with Crippen LogP contribution in [0.25, 0.3) is 0 Å². The van der Waals surface area contributed by atoms with Crippen LogP contribution in [0.4, 0.5) is 11.4 Å². The number of nitrogens with zero attached hydrogens (tertiary/aromatic N) is 3. The smallest absolute Gasteiger partial charge is 0.242 e. The second kappa shape index (κ2) is 8.58. The molecule has 1 saturated heterocycles. The minimum absolute atomic E-state index is 0.0246. The molecule has 2 aromatic carbocycles. The van der Waals surface area contributed by atoms with E-state index in [9.17, 15) is 9.59 Å². The number of hydrogen-bond donors (Lipinski definition) is 0. The summed E-state index contributed by atoms with van der Waals surface area (Å²) in [7, 11) is 1.65. The van der Waals surface area contributed by atoms with Crippen LogP contribution in [0.2, 0.25) is 0 Å². The molecule has 0 spiro atoms. The van der Waals surface area contributed by atoms with Crippen molar-refractivity contribution in [3.8, 4) is 5.75 Å². The molecule has 0 atom stereocenters. The first-order valence-corrected chi connectivity index (χ1v) is 9.08. The van der Waals surface area contributed by atoms with Gasteiger partial charge in [-0.05, 0) is 36.4 Å². The highest BCUT2D eigenvalue weighted by molar-refractivity contribution is 5.97. The number of amides is 2. The van der Waals surface area contributed by atoms with Gasteiger partial charge in [0.1, 0.15) is 12.3 Å². The third-order valence-corrected chi connectivity index (χ3v) is 4.81. The molecule has 142 valence electrons. The maximum Gasteiger partial charge on any atom is 0.242 e. The van der Waals surface area contributed by atoms with Gasteiger partial charge in [-0.3, -0.25) is 9.59 Å². The lowest BCUT2D eigenvalue weighted by molar-refractivity contribution is -0.131. The van der Waals surface area contributed by atoms with Gasteiger partial charge in [-0.25, -0.2) is 0 Å². The number of anilines is 2. The molecule has 0 aromatic heterocycles. The highest BCUT2D eigenvalue weighted by Gasteiger charge is 2.24. The molecule has 0 aliphatic carbocycles. The monoisotopic (exact) mass is 367 g/mol. The van der Waals surface area contributed by atoms with E-state index in [1.54, 1.807) is 7.11 Å². The van der Waals surface area contributed by atoms with Crippen molar-refractivity contribution in [2.75, 3.05) is 49.6 Å². The van der Waals surface area contributed by atoms with Crippen molar-refractivity contribution in [1.82, 2.24) is 4.90 Å². The summed E-state index contributed by atoms with van der Waals surface area (Å²) in [5.41, 5.74) is 1.87. The zero-order chi connectivity index (χ0) is 19.2. The Kier molecular flexibility index (Phi) is 5.96. The van der Waals surface area contributed by atoms with Gasteiger partial charge < -0.3 is 19.4 Å². The molecule has 1 fully saturated rings. The molecule has 1 aliphatic heterocycles. The van der Waals surface area contributed by atoms with E-state index in [4.69, 9.17) is 4.74 Å². The summed E-state index contributed by atoms with van der Waals surface area (Å²) in [5, 5.41) is 0. The molecule has 3 rings (SSSR count). The number of carbonyl (C=O) groups is 2. The van der Waals surface area contributed by atoms with E-state index >= 15 is 0 Å². The number of benzene rings is 2. The molecule has 1 heterocycles. The standard InChI is InChI=1S/C21H25N3O3/c1-17(25)24(19-6-4-3-5-7-19)16-21(26)23-14-12-22(13-15-23)18-8-10-20(27-2)11-9-18/h3-11H,12-16H2,1-2H3. The van der Waals surface area contributed by atoms with Crippen LogP contribution in [0.5, 0.6) is 5.75 Å². The molecule has 0 unspecified atom stereocenters. The third-order valence-electron chi connectivity index (χ3n) is 4.81. The molecule has 6 heteroatoms. The SMILES string of the molecule is COc1ccc(N2CCN(C(=O)CN(C(C)=O)c3ccccc3)CC2)cc1. The summed E-state index contributed by atoms with van der Waals surface area (Å²) in [6.45, 7) is 4.38. The van der Waals surface area contributed by atoms with Gasteiger partial charge in [0.05, 0.1) is 7.11 Å². The van der Waals surface area contributed by atoms with Gasteiger partial charge in [-0.1, -0.05) is 18.2 Å². The molecule has 2 amide bonds. The van der Waals surface area contributed by atoms with E-state index in [0.29, 0.717) is 13.1 Å². The summed E-state index contributed by atoms with van der Waals surface area (Å²) < 4.78 is 5.19. The van der Waals surface area contributed by atoms with Gasteiger partial charge >= 0.3 is 0 Å². The van der Waals surface area contributed by atoms with Gasteiger partial charge in [0.2, 0.25) is 11.8 Å². The summed E-state index contributed by atoms with van der Waals surface area (Å²) in [6, 6.07) is 17.3. The van der Waals surface area contributed by atoms with E-state index in [1.807, 2.05) is 59.5 Å². The first-order chi connectivity index (χ1) is 13.1. The lowest BCUT2D eigenvalue weighted by Crippen LogP contribution is -2.51. The van der Waals surface area contributed by atoms with Crippen molar-refractivity contribution < 1.29 is 14.3 Å². The van der Waals surface area contributed by atoms with Gasteiger partial charge in [-0.15, -0.1) is 0 Å². The largest absolute Gasteiger partial charge is 0.497 e. The van der Waals surface area contributed by atoms with E-state index in [1.165, 1.54) is 11.8 Å². The van der Waals surface area contributed by atoms with Crippen molar-refractivity contribution in [2.24, 2.45) is 0 Å². The molecule has 0 saturated carbocycles. The molecular weight excluding hydrogens is 342 g/mol. The maximum atomic E-state index is 12.7. The number of para-hydroxylation sites is 1. The lowest BCUT2D eigenvalue weighted by atomic mass is 10.2. The summed E-state index contributed by atoms with van der Waals surface area (Å²) in [5.74, 6) is 0.674. The van der Waals surface area contributed by atoms with Gasteiger partial charge in [0.15, 0.2) is 0 Å². The summed E-state index contributed by atoms with van der Waals surface area (Å²) in [6.07, 6.45) is 0. The Labute approximate surface area is 159 Å². The molecule has 0 radical (unpaired) electrons. The van der Waals surface area contributed by atoms with E-state index in [0.717, 1.165) is 30.2 Å². The number of hydrogen-bond acceptors (Lipinski definition) is 4. The molecule has 1 aliphatic rings. The van der Waals surface area contributed by atoms with Crippen LogP contribution in [0.15, 0.2) is 54.6 Å². The van der Waals surface area contributed by atoms with E-state index in [2.05, 4.69) is 4.90 Å². The van der Waals surface area contributed by atoms with Crippen molar-refractivity contribution >= 4 is 23.2 Å². The highest BCUT2D eigenvalue weighted by atomic mass is 16.5.